The number of hydrogen-bond donors (Lipinski definition) is 0. The van der Waals surface area contributed by atoms with Crippen LogP contribution in [0.3, 0.4) is 0 Å². The summed E-state index contributed by atoms with van der Waals surface area (Å²) in [5, 5.41) is 0. The average Bonchev–Trinajstić information content (AvgIpc) is 1.38. The third-order valence-electron chi connectivity index (χ3n) is 0.0714. The molecule has 5 heavy (non-hydrogen) atoms. The molecule has 0 fully saturated rings. The molecule has 0 spiro atoms. The zero-order valence-electron chi connectivity index (χ0n) is 2.13. The van der Waals surface area contributed by atoms with Crippen molar-refractivity contribution in [3.05, 3.63) is 10.0 Å². The number of hydrogen-bond acceptors (Lipinski definition) is 0. The average molecular weight is 130 g/mol. The van der Waals surface area contributed by atoms with E-state index >= 15 is 0 Å². The third kappa shape index (κ3) is 4.61. The number of rotatable bonds is 0. The van der Waals surface area contributed by atoms with Crippen LogP contribution < -0.4 is 0 Å². The van der Waals surface area contributed by atoms with Gasteiger partial charge in [-0.25, -0.2) is 0 Å². The topological polar surface area (TPSA) is 0 Å². The van der Waals surface area contributed by atoms with Crippen molar-refractivity contribution in [2.45, 2.75) is 0 Å². The smallest absolute Gasteiger partial charge is 0.0800 e. The fraction of sp³-hybridized carbons (Fsp3) is 0. The standard InChI is InChI=1S/C2Cl3/c3-1-2(4)5. The van der Waals surface area contributed by atoms with Crippen molar-refractivity contribution < 1.29 is 0 Å². The minimum atomic E-state index is -0.0355. The van der Waals surface area contributed by atoms with E-state index in [-0.39, 0.29) is 4.49 Å². The summed E-state index contributed by atoms with van der Waals surface area (Å²) >= 11 is 14.6. The van der Waals surface area contributed by atoms with Crippen LogP contribution in [0.1, 0.15) is 0 Å². The summed E-state index contributed by atoms with van der Waals surface area (Å²) in [6.45, 7) is 0. The Morgan fingerprint density at radius 3 is 1.60 bits per heavy atom. The molecule has 0 aromatic carbocycles. The van der Waals surface area contributed by atoms with Crippen LogP contribution in [0.2, 0.25) is 0 Å². The lowest BCUT2D eigenvalue weighted by Crippen LogP contribution is -1.35. The lowest BCUT2D eigenvalue weighted by Gasteiger charge is -1.62. The van der Waals surface area contributed by atoms with E-state index in [1.54, 1.807) is 0 Å². The summed E-state index contributed by atoms with van der Waals surface area (Å²) < 4.78 is -0.0355. The fourth-order valence-electron chi connectivity index (χ4n) is 0. The Labute approximate surface area is 45.3 Å². The van der Waals surface area contributed by atoms with Crippen molar-refractivity contribution in [3.8, 4) is 0 Å². The van der Waals surface area contributed by atoms with Gasteiger partial charge in [-0.2, -0.15) is 0 Å². The Hall–Kier alpha value is 0.610. The third-order valence-corrected chi connectivity index (χ3v) is 0.643. The first-order valence-electron chi connectivity index (χ1n) is 0.817. The van der Waals surface area contributed by atoms with Crippen LogP contribution in [0.4, 0.5) is 0 Å². The van der Waals surface area contributed by atoms with Crippen molar-refractivity contribution in [1.29, 1.82) is 0 Å². The summed E-state index contributed by atoms with van der Waals surface area (Å²) in [6, 6.07) is 0. The van der Waals surface area contributed by atoms with E-state index in [0.29, 0.717) is 0 Å². The van der Waals surface area contributed by atoms with Gasteiger partial charge in [-0.1, -0.05) is 34.8 Å². The van der Waals surface area contributed by atoms with Crippen LogP contribution in [0.15, 0.2) is 4.49 Å². The Morgan fingerprint density at radius 2 is 1.60 bits per heavy atom. The molecule has 0 nitrogen and oxygen atoms in total. The zero-order chi connectivity index (χ0) is 4.28. The lowest BCUT2D eigenvalue weighted by atomic mass is 11.2. The number of halogens is 3. The minimum absolute atomic E-state index is 0.0355. The Kier molecular flexibility index (Phi) is 3.17. The molecule has 1 radical (unpaired) electrons. The van der Waals surface area contributed by atoms with E-state index in [1.807, 2.05) is 5.54 Å². The van der Waals surface area contributed by atoms with Gasteiger partial charge in [-0.3, -0.25) is 0 Å². The first-order chi connectivity index (χ1) is 2.27. The molecule has 3 heteroatoms. The normalized spacial score (nSPS) is 7.00. The molecule has 0 rings (SSSR count). The second-order valence-corrected chi connectivity index (χ2v) is 1.49. The maximum Gasteiger partial charge on any atom is 0.127 e. The molecule has 0 aromatic rings. The Balaban J connectivity index is 3.14. The molecule has 0 bridgehead atoms. The van der Waals surface area contributed by atoms with Crippen molar-refractivity contribution in [3.63, 3.8) is 0 Å². The molecule has 0 unspecified atom stereocenters. The van der Waals surface area contributed by atoms with Crippen molar-refractivity contribution in [2.75, 3.05) is 0 Å². The maximum absolute atomic E-state index is 4.90. The van der Waals surface area contributed by atoms with Gasteiger partial charge < -0.3 is 0 Å². The zero-order valence-corrected chi connectivity index (χ0v) is 4.40. The minimum Gasteiger partial charge on any atom is -0.0800 e. The van der Waals surface area contributed by atoms with Crippen molar-refractivity contribution in [2.24, 2.45) is 0 Å². The highest BCUT2D eigenvalue weighted by molar-refractivity contribution is 6.57. The van der Waals surface area contributed by atoms with Crippen LogP contribution in [-0.4, -0.2) is 0 Å². The van der Waals surface area contributed by atoms with Gasteiger partial charge in [-0.15, -0.1) is 0 Å². The van der Waals surface area contributed by atoms with Gasteiger partial charge >= 0.3 is 0 Å². The molecule has 0 atom stereocenters. The fourth-order valence-corrected chi connectivity index (χ4v) is 0. The van der Waals surface area contributed by atoms with Gasteiger partial charge in [0.2, 0.25) is 0 Å². The van der Waals surface area contributed by atoms with Gasteiger partial charge in [0.25, 0.3) is 0 Å². The van der Waals surface area contributed by atoms with Crippen molar-refractivity contribution in [1.82, 2.24) is 0 Å². The van der Waals surface area contributed by atoms with E-state index in [4.69, 9.17) is 34.8 Å². The molecule has 0 amide bonds. The highest BCUT2D eigenvalue weighted by atomic mass is 35.5. The highest BCUT2D eigenvalue weighted by Gasteiger charge is 1.72. The lowest BCUT2D eigenvalue weighted by molar-refractivity contribution is 2.25. The molecule has 0 saturated carbocycles. The van der Waals surface area contributed by atoms with Gasteiger partial charge in [0.1, 0.15) is 4.49 Å². The molecule has 0 aliphatic rings. The van der Waals surface area contributed by atoms with Crippen LogP contribution >= 0.6 is 34.8 Å². The summed E-state index contributed by atoms with van der Waals surface area (Å²) in [5.41, 5.74) is 1.95. The van der Waals surface area contributed by atoms with Crippen LogP contribution in [0.25, 0.3) is 0 Å². The highest BCUT2D eigenvalue weighted by Crippen LogP contribution is 2.04. The van der Waals surface area contributed by atoms with Crippen LogP contribution in [0, 0.1) is 5.54 Å². The van der Waals surface area contributed by atoms with Crippen molar-refractivity contribution >= 4 is 34.8 Å². The molecule has 0 saturated heterocycles. The van der Waals surface area contributed by atoms with Gasteiger partial charge in [-0.05, 0) is 0 Å². The van der Waals surface area contributed by atoms with Gasteiger partial charge in [0, 0.05) is 0 Å². The van der Waals surface area contributed by atoms with Gasteiger partial charge in [0.15, 0.2) is 0 Å². The monoisotopic (exact) mass is 129 g/mol. The molecule has 0 aliphatic heterocycles. The van der Waals surface area contributed by atoms with E-state index in [1.165, 1.54) is 0 Å². The van der Waals surface area contributed by atoms with E-state index in [9.17, 15) is 0 Å². The van der Waals surface area contributed by atoms with Gasteiger partial charge in [0.05, 0.1) is 5.54 Å². The van der Waals surface area contributed by atoms with E-state index in [2.05, 4.69) is 0 Å². The predicted molar refractivity (Wildman–Crippen MR) is 24.3 cm³/mol. The maximum atomic E-state index is 4.90. The largest absolute Gasteiger partial charge is 0.127 e. The SMILES string of the molecule is Cl[C]=C(Cl)Cl. The molecule has 0 N–H and O–H groups in total. The van der Waals surface area contributed by atoms with E-state index in [0.717, 1.165) is 0 Å². The predicted octanol–water partition coefficient (Wildman–Crippen LogP) is 2.30. The summed E-state index contributed by atoms with van der Waals surface area (Å²) in [4.78, 5) is 0. The molecular formula is C2Cl3. The molecule has 0 aromatic heterocycles. The quantitative estimate of drug-likeness (QED) is 0.472. The Bertz CT molecular complexity index is 42.9. The second kappa shape index (κ2) is 2.83. The first kappa shape index (κ1) is 5.61. The molecule has 0 aliphatic carbocycles. The van der Waals surface area contributed by atoms with E-state index < -0.39 is 0 Å². The summed E-state index contributed by atoms with van der Waals surface area (Å²) in [7, 11) is 0. The summed E-state index contributed by atoms with van der Waals surface area (Å²) in [5.74, 6) is 0. The molecular weight excluding hydrogens is 130 g/mol. The van der Waals surface area contributed by atoms with Crippen LogP contribution in [-0.2, 0) is 0 Å². The molecule has 29 valence electrons. The first-order valence-corrected chi connectivity index (χ1v) is 1.95. The molecule has 0 heterocycles. The summed E-state index contributed by atoms with van der Waals surface area (Å²) in [6.07, 6.45) is 0. The second-order valence-electron chi connectivity index (χ2n) is 0.355. The Morgan fingerprint density at radius 1 is 1.40 bits per heavy atom. The van der Waals surface area contributed by atoms with Crippen LogP contribution in [0.5, 0.6) is 0 Å².